The predicted molar refractivity (Wildman–Crippen MR) is 108 cm³/mol. The first kappa shape index (κ1) is 19.4. The van der Waals surface area contributed by atoms with Crippen molar-refractivity contribution in [2.24, 2.45) is 0 Å². The molecule has 1 aromatic heterocycles. The molecule has 3 aromatic rings. The lowest BCUT2D eigenvalue weighted by Gasteiger charge is -2.18. The molecule has 0 saturated carbocycles. The monoisotopic (exact) mass is 377 g/mol. The fourth-order valence-corrected chi connectivity index (χ4v) is 3.11. The van der Waals surface area contributed by atoms with E-state index in [-0.39, 0.29) is 29.6 Å². The molecule has 5 heteroatoms. The number of hydrogen-bond acceptors (Lipinski definition) is 4. The van der Waals surface area contributed by atoms with Crippen molar-refractivity contribution in [2.45, 2.75) is 19.3 Å². The first-order valence-electron chi connectivity index (χ1n) is 9.23. The van der Waals surface area contributed by atoms with Gasteiger partial charge in [-0.1, -0.05) is 60.7 Å². The number of rotatable bonds is 8. The van der Waals surface area contributed by atoms with Gasteiger partial charge in [0.1, 0.15) is 5.76 Å². The molecule has 0 aliphatic rings. The van der Waals surface area contributed by atoms with E-state index in [1.807, 2.05) is 36.4 Å². The molecular formula is C23H23NO4. The lowest BCUT2D eigenvalue weighted by atomic mass is 9.88. The van der Waals surface area contributed by atoms with Crippen molar-refractivity contribution in [3.63, 3.8) is 0 Å². The molecule has 1 heterocycles. The van der Waals surface area contributed by atoms with E-state index in [4.69, 9.17) is 9.15 Å². The van der Waals surface area contributed by atoms with Crippen LogP contribution in [0.4, 0.5) is 0 Å². The Morgan fingerprint density at radius 2 is 1.61 bits per heavy atom. The van der Waals surface area contributed by atoms with Crippen LogP contribution in [0.15, 0.2) is 82.2 Å². The van der Waals surface area contributed by atoms with Gasteiger partial charge in [0.05, 0.1) is 6.26 Å². The second kappa shape index (κ2) is 9.55. The van der Waals surface area contributed by atoms with Crippen molar-refractivity contribution >= 4 is 5.91 Å². The van der Waals surface area contributed by atoms with E-state index in [1.165, 1.54) is 23.5 Å². The van der Waals surface area contributed by atoms with Gasteiger partial charge >= 0.3 is 0 Å². The van der Waals surface area contributed by atoms with Crippen molar-refractivity contribution in [3.8, 4) is 5.75 Å². The Hall–Kier alpha value is -3.34. The Bertz CT molecular complexity index is 912. The van der Waals surface area contributed by atoms with Crippen molar-refractivity contribution in [2.75, 3.05) is 13.2 Å². The number of carbonyl (C=O) groups is 1. The van der Waals surface area contributed by atoms with Crippen LogP contribution in [0.25, 0.3) is 0 Å². The van der Waals surface area contributed by atoms with Gasteiger partial charge in [-0.3, -0.25) is 9.59 Å². The minimum atomic E-state index is -0.301. The summed E-state index contributed by atoms with van der Waals surface area (Å²) in [5, 5.41) is 2.87. The average molecular weight is 377 g/mol. The van der Waals surface area contributed by atoms with Crippen LogP contribution in [0.5, 0.6) is 5.75 Å². The van der Waals surface area contributed by atoms with Crippen LogP contribution >= 0.6 is 0 Å². The lowest BCUT2D eigenvalue weighted by molar-refractivity contribution is -0.123. The van der Waals surface area contributed by atoms with Gasteiger partial charge < -0.3 is 14.5 Å². The molecular weight excluding hydrogens is 354 g/mol. The Labute approximate surface area is 164 Å². The highest BCUT2D eigenvalue weighted by molar-refractivity contribution is 5.77. The molecule has 0 unspecified atom stereocenters. The van der Waals surface area contributed by atoms with Crippen LogP contribution in [-0.4, -0.2) is 19.1 Å². The molecule has 144 valence electrons. The van der Waals surface area contributed by atoms with E-state index in [1.54, 1.807) is 6.92 Å². The number of nitrogens with one attached hydrogen (secondary N) is 1. The Kier molecular flexibility index (Phi) is 6.63. The van der Waals surface area contributed by atoms with Crippen LogP contribution in [0.3, 0.4) is 0 Å². The fourth-order valence-electron chi connectivity index (χ4n) is 3.11. The lowest BCUT2D eigenvalue weighted by Crippen LogP contribution is -2.31. The minimum Gasteiger partial charge on any atom is -0.476 e. The summed E-state index contributed by atoms with van der Waals surface area (Å²) in [5.41, 5.74) is 2.11. The highest BCUT2D eigenvalue weighted by atomic mass is 16.5. The van der Waals surface area contributed by atoms with Gasteiger partial charge in [-0.25, -0.2) is 0 Å². The first-order valence-corrected chi connectivity index (χ1v) is 9.23. The van der Waals surface area contributed by atoms with Gasteiger partial charge in [-0.15, -0.1) is 0 Å². The molecule has 5 nitrogen and oxygen atoms in total. The van der Waals surface area contributed by atoms with Crippen LogP contribution in [-0.2, 0) is 4.79 Å². The molecule has 0 saturated heterocycles. The maximum Gasteiger partial charge on any atom is 0.257 e. The van der Waals surface area contributed by atoms with Crippen LogP contribution in [0.2, 0.25) is 0 Å². The maximum atomic E-state index is 12.1. The summed E-state index contributed by atoms with van der Waals surface area (Å²) in [6.07, 6.45) is 2.06. The SMILES string of the molecule is Cc1occc(=O)c1OCC(=O)NCCC(c1ccccc1)c1ccccc1. The summed E-state index contributed by atoms with van der Waals surface area (Å²) >= 11 is 0. The van der Waals surface area contributed by atoms with E-state index in [2.05, 4.69) is 29.6 Å². The van der Waals surface area contributed by atoms with Crippen molar-refractivity contribution in [1.29, 1.82) is 0 Å². The number of ether oxygens (including phenoxy) is 1. The standard InChI is InChI=1S/C23H23NO4/c1-17-23(21(25)13-15-27-17)28-16-22(26)24-14-12-20(18-8-4-2-5-9-18)19-10-6-3-7-11-19/h2-11,13,15,20H,12,14,16H2,1H3,(H,24,26). The predicted octanol–water partition coefficient (Wildman–Crippen LogP) is 3.67. The second-order valence-electron chi connectivity index (χ2n) is 6.47. The molecule has 0 fully saturated rings. The minimum absolute atomic E-state index is 0.0732. The highest BCUT2D eigenvalue weighted by Crippen LogP contribution is 2.27. The summed E-state index contributed by atoms with van der Waals surface area (Å²) in [6, 6.07) is 21.7. The van der Waals surface area contributed by atoms with E-state index in [0.717, 1.165) is 6.42 Å². The van der Waals surface area contributed by atoms with E-state index in [0.29, 0.717) is 12.3 Å². The Balaban J connectivity index is 1.57. The van der Waals surface area contributed by atoms with Crippen molar-refractivity contribution in [3.05, 3.63) is 100 Å². The molecule has 0 aliphatic heterocycles. The summed E-state index contributed by atoms with van der Waals surface area (Å²) in [6.45, 7) is 1.90. The average Bonchev–Trinajstić information content (AvgIpc) is 2.72. The highest BCUT2D eigenvalue weighted by Gasteiger charge is 2.15. The molecule has 0 aliphatic carbocycles. The topological polar surface area (TPSA) is 68.5 Å². The molecule has 0 atom stereocenters. The van der Waals surface area contributed by atoms with Gasteiger partial charge in [0.25, 0.3) is 5.91 Å². The zero-order chi connectivity index (χ0) is 19.8. The van der Waals surface area contributed by atoms with Crippen molar-refractivity contribution in [1.82, 2.24) is 5.32 Å². The normalized spacial score (nSPS) is 10.6. The van der Waals surface area contributed by atoms with Crippen LogP contribution in [0.1, 0.15) is 29.2 Å². The third kappa shape index (κ3) is 5.10. The fraction of sp³-hybridized carbons (Fsp3) is 0.217. The zero-order valence-electron chi connectivity index (χ0n) is 15.8. The van der Waals surface area contributed by atoms with Gasteiger partial charge in [-0.05, 0) is 24.5 Å². The molecule has 0 radical (unpaired) electrons. The van der Waals surface area contributed by atoms with Crippen LogP contribution < -0.4 is 15.5 Å². The Morgan fingerprint density at radius 3 is 2.18 bits per heavy atom. The number of hydrogen-bond donors (Lipinski definition) is 1. The van der Waals surface area contributed by atoms with Crippen molar-refractivity contribution < 1.29 is 13.9 Å². The van der Waals surface area contributed by atoms with Gasteiger partial charge in [0.2, 0.25) is 11.2 Å². The van der Waals surface area contributed by atoms with E-state index < -0.39 is 0 Å². The first-order chi connectivity index (χ1) is 13.6. The van der Waals surface area contributed by atoms with E-state index in [9.17, 15) is 9.59 Å². The molecule has 1 amide bonds. The number of benzene rings is 2. The Morgan fingerprint density at radius 1 is 1.00 bits per heavy atom. The maximum absolute atomic E-state index is 12.1. The number of amides is 1. The molecule has 0 spiro atoms. The number of aryl methyl sites for hydroxylation is 1. The second-order valence-corrected chi connectivity index (χ2v) is 6.47. The summed E-state index contributed by atoms with van der Waals surface area (Å²) < 4.78 is 10.5. The molecule has 3 rings (SSSR count). The van der Waals surface area contributed by atoms with Gasteiger partial charge in [0.15, 0.2) is 6.61 Å². The molecule has 1 N–H and O–H groups in total. The summed E-state index contributed by atoms with van der Waals surface area (Å²) in [7, 11) is 0. The largest absolute Gasteiger partial charge is 0.476 e. The van der Waals surface area contributed by atoms with E-state index >= 15 is 0 Å². The molecule has 2 aromatic carbocycles. The number of carbonyl (C=O) groups excluding carboxylic acids is 1. The molecule has 0 bridgehead atoms. The van der Waals surface area contributed by atoms with Crippen LogP contribution in [0, 0.1) is 6.92 Å². The third-order valence-electron chi connectivity index (χ3n) is 4.51. The van der Waals surface area contributed by atoms with Gasteiger partial charge in [-0.2, -0.15) is 0 Å². The summed E-state index contributed by atoms with van der Waals surface area (Å²) in [4.78, 5) is 23.9. The molecule has 28 heavy (non-hydrogen) atoms. The van der Waals surface area contributed by atoms with Gasteiger partial charge in [0, 0.05) is 18.5 Å². The smallest absolute Gasteiger partial charge is 0.257 e. The zero-order valence-corrected chi connectivity index (χ0v) is 15.8. The summed E-state index contributed by atoms with van der Waals surface area (Å²) in [5.74, 6) is 0.340. The third-order valence-corrected chi connectivity index (χ3v) is 4.51. The quantitative estimate of drug-likeness (QED) is 0.650.